The first-order valence-corrected chi connectivity index (χ1v) is 26.6. The van der Waals surface area contributed by atoms with E-state index in [-0.39, 0.29) is 49.8 Å². The van der Waals surface area contributed by atoms with Gasteiger partial charge in [0.05, 0.1) is 49.1 Å². The highest BCUT2D eigenvalue weighted by atomic mass is 16.8. The Bertz CT molecular complexity index is 2000. The third-order valence-corrected chi connectivity index (χ3v) is 16.4. The van der Waals surface area contributed by atoms with Gasteiger partial charge in [-0.1, -0.05) is 76.5 Å². The number of aliphatic hydroxyl groups excluding tert-OH is 1. The fourth-order valence-electron chi connectivity index (χ4n) is 12.1. The van der Waals surface area contributed by atoms with Gasteiger partial charge in [0.25, 0.3) is 0 Å². The highest BCUT2D eigenvalue weighted by Crippen LogP contribution is 2.50. The first kappa shape index (κ1) is 56.7. The van der Waals surface area contributed by atoms with Crippen LogP contribution >= 0.6 is 0 Å². The summed E-state index contributed by atoms with van der Waals surface area (Å²) in [5, 5.41) is 43.5. The van der Waals surface area contributed by atoms with Gasteiger partial charge in [0, 0.05) is 56.6 Å². The third kappa shape index (κ3) is 11.6. The van der Waals surface area contributed by atoms with Gasteiger partial charge in [-0.25, -0.2) is 0 Å². The Kier molecular flexibility index (Phi) is 18.1. The van der Waals surface area contributed by atoms with E-state index in [1.165, 1.54) is 14.0 Å². The fraction of sp³-hybridized carbons (Fsp3) is 0.849. The van der Waals surface area contributed by atoms with E-state index in [1.54, 1.807) is 27.9 Å². The Hall–Kier alpha value is -2.48. The summed E-state index contributed by atoms with van der Waals surface area (Å²) in [5.41, 5.74) is -1.000. The van der Waals surface area contributed by atoms with Crippen molar-refractivity contribution in [1.29, 1.82) is 0 Å². The molecule has 0 aliphatic carbocycles. The average Bonchev–Trinajstić information content (AvgIpc) is 4.12. The van der Waals surface area contributed by atoms with Crippen molar-refractivity contribution in [3.63, 3.8) is 0 Å². The molecule has 0 amide bonds. The predicted octanol–water partition coefficient (Wildman–Crippen LogP) is 4.58. The number of cyclic esters (lactones) is 1. The number of epoxide rings is 1. The molecule has 7 fully saturated rings. The maximum Gasteiger partial charge on any atom is 0.311 e. The summed E-state index contributed by atoms with van der Waals surface area (Å²) >= 11 is 0. The van der Waals surface area contributed by atoms with Crippen LogP contribution in [0.4, 0.5) is 0 Å². The normalized spacial score (nSPS) is 48.1. The van der Waals surface area contributed by atoms with Gasteiger partial charge in [0.15, 0.2) is 43.2 Å². The standard InChI is InChI=1S/C53H84N2O18/c1-14-16-22-62-43-42(41-35(66-49(43)60-12)26-63-48(69-41)33-20-18-17-19-21-33)73-54-38-27(3)24-52(59)45(70-50-40(71-52)34(55(10)11)23-28(4)64-50)30(6)39(68-37-25-53(61-13)46(72-53)32(8)65-37)31(7)47(57)67-36(15-2)51(9,58)44(56)29(38)5/h17-21,27-32,34-37,39-46,48-50,56,58-59H,14-16,22-26H2,1-13H3/b54-38+/t27-,28?,29+,30+,31-,32?,34?,35?,36-,37?,39+,40?,41?,42?,43?,44-,45-,46?,48?,49?,50?,51-,52+,53?/m1/s1. The van der Waals surface area contributed by atoms with E-state index in [0.29, 0.717) is 13.0 Å². The zero-order valence-corrected chi connectivity index (χ0v) is 45.0. The lowest BCUT2D eigenvalue weighted by molar-refractivity contribution is -0.425. The Balaban J connectivity index is 1.21. The molecule has 0 bridgehead atoms. The van der Waals surface area contributed by atoms with Gasteiger partial charge in [0.1, 0.15) is 42.2 Å². The van der Waals surface area contributed by atoms with Crippen LogP contribution in [0.1, 0.15) is 113 Å². The molecule has 24 atom stereocenters. The average molecular weight is 1040 g/mol. The number of hydrogen-bond donors (Lipinski definition) is 3. The van der Waals surface area contributed by atoms with E-state index in [4.69, 9.17) is 71.6 Å². The molecule has 1 aromatic carbocycles. The molecule has 7 heterocycles. The number of unbranched alkanes of at least 4 members (excludes halogenated alkanes) is 1. The molecule has 1 aromatic rings. The quantitative estimate of drug-likeness (QED) is 0.106. The molecule has 7 aliphatic heterocycles. The number of methoxy groups -OCH3 is 2. The Morgan fingerprint density at radius 2 is 1.60 bits per heavy atom. The number of carbonyl (C=O) groups excluding carboxylic acids is 1. The SMILES string of the molecule is CCCCOC1C(OC)OC2COC(c3ccccc3)OC2C1O/N=C1\[C@H](C)C[C@]2(O)OC3C(OC(C)CC3N(C)C)O[C@@H]2[C@@H](C)[C@H](OC2CC3(OC)OC3C(C)O2)[C@@H](C)C(=O)O[C@H](CC)[C@@](C)(O)[C@H](O)[C@H]1C. The second kappa shape index (κ2) is 23.2. The second-order valence-electron chi connectivity index (χ2n) is 22.0. The number of carbonyl (C=O) groups is 1. The van der Waals surface area contributed by atoms with Gasteiger partial charge >= 0.3 is 5.97 Å². The Labute approximate surface area is 430 Å². The molecule has 0 saturated carbocycles. The van der Waals surface area contributed by atoms with Crippen LogP contribution in [-0.2, 0) is 71.2 Å². The minimum Gasteiger partial charge on any atom is -0.459 e. The van der Waals surface area contributed by atoms with Gasteiger partial charge in [-0.3, -0.25) is 4.79 Å². The number of ether oxygens (including phenoxy) is 13. The number of nitrogens with zero attached hydrogens (tertiary/aromatic N) is 2. The Morgan fingerprint density at radius 1 is 0.863 bits per heavy atom. The molecule has 3 N–H and O–H groups in total. The van der Waals surface area contributed by atoms with Crippen LogP contribution in [0.2, 0.25) is 0 Å². The summed E-state index contributed by atoms with van der Waals surface area (Å²) in [7, 11) is 6.99. The molecule has 0 spiro atoms. The number of likely N-dealkylation sites (N-methyl/N-ethyl adjacent to an activating group) is 1. The summed E-state index contributed by atoms with van der Waals surface area (Å²) in [6.45, 7) is 16.7. The van der Waals surface area contributed by atoms with E-state index >= 15 is 0 Å². The number of hydrogen-bond acceptors (Lipinski definition) is 20. The van der Waals surface area contributed by atoms with E-state index in [0.717, 1.165) is 18.4 Å². The Morgan fingerprint density at radius 3 is 2.27 bits per heavy atom. The zero-order chi connectivity index (χ0) is 52.7. The van der Waals surface area contributed by atoms with Gasteiger partial charge in [-0.15, -0.1) is 0 Å². The van der Waals surface area contributed by atoms with Crippen LogP contribution in [0.3, 0.4) is 0 Å². The molecule has 20 heteroatoms. The first-order valence-electron chi connectivity index (χ1n) is 26.6. The lowest BCUT2D eigenvalue weighted by Gasteiger charge is -2.55. The molecule has 7 aliphatic rings. The maximum atomic E-state index is 14.7. The van der Waals surface area contributed by atoms with Gasteiger partial charge in [0.2, 0.25) is 5.79 Å². The minimum absolute atomic E-state index is 0.139. The van der Waals surface area contributed by atoms with Crippen LogP contribution in [0.25, 0.3) is 0 Å². The lowest BCUT2D eigenvalue weighted by Crippen LogP contribution is -2.69. The zero-order valence-electron chi connectivity index (χ0n) is 45.0. The summed E-state index contributed by atoms with van der Waals surface area (Å²) in [5.74, 6) is -7.39. The number of rotatable bonds is 13. The predicted molar refractivity (Wildman–Crippen MR) is 260 cm³/mol. The molecule has 0 aromatic heterocycles. The third-order valence-electron chi connectivity index (χ3n) is 16.4. The molecular formula is C53H84N2O18. The highest BCUT2D eigenvalue weighted by molar-refractivity contribution is 5.88. The number of aliphatic hydroxyl groups is 3. The van der Waals surface area contributed by atoms with Crippen LogP contribution in [0.15, 0.2) is 35.5 Å². The molecule has 8 rings (SSSR count). The van der Waals surface area contributed by atoms with E-state index < -0.39 is 133 Å². The van der Waals surface area contributed by atoms with E-state index in [9.17, 15) is 20.1 Å². The monoisotopic (exact) mass is 1040 g/mol. The summed E-state index contributed by atoms with van der Waals surface area (Å²) < 4.78 is 83.4. The van der Waals surface area contributed by atoms with Gasteiger partial charge < -0.3 is 86.6 Å². The van der Waals surface area contributed by atoms with Crippen molar-refractivity contribution >= 4 is 11.7 Å². The lowest BCUT2D eigenvalue weighted by atomic mass is 9.75. The van der Waals surface area contributed by atoms with Crippen LogP contribution in [-0.4, -0.2) is 189 Å². The summed E-state index contributed by atoms with van der Waals surface area (Å²) in [4.78, 5) is 23.4. The molecule has 20 nitrogen and oxygen atoms in total. The first-order chi connectivity index (χ1) is 34.7. The molecule has 7 saturated heterocycles. The number of oxime groups is 1. The van der Waals surface area contributed by atoms with Crippen molar-refractivity contribution in [3.8, 4) is 0 Å². The summed E-state index contributed by atoms with van der Waals surface area (Å²) in [6, 6.07) is 9.31. The van der Waals surface area contributed by atoms with Crippen molar-refractivity contribution in [2.75, 3.05) is 41.5 Å². The fourth-order valence-corrected chi connectivity index (χ4v) is 12.1. The molecule has 0 radical (unpaired) electrons. The summed E-state index contributed by atoms with van der Waals surface area (Å²) in [6.07, 6.45) is -11.1. The van der Waals surface area contributed by atoms with E-state index in [2.05, 4.69) is 6.92 Å². The molecule has 73 heavy (non-hydrogen) atoms. The molecule has 414 valence electrons. The van der Waals surface area contributed by atoms with Gasteiger partial charge in [-0.2, -0.15) is 0 Å². The number of esters is 1. The largest absolute Gasteiger partial charge is 0.459 e. The highest BCUT2D eigenvalue weighted by Gasteiger charge is 2.66. The van der Waals surface area contributed by atoms with Gasteiger partial charge in [-0.05, 0) is 61.1 Å². The van der Waals surface area contributed by atoms with Crippen LogP contribution in [0.5, 0.6) is 0 Å². The number of benzene rings is 1. The minimum atomic E-state index is -2.13. The van der Waals surface area contributed by atoms with Crippen molar-refractivity contribution in [2.24, 2.45) is 28.8 Å². The second-order valence-corrected chi connectivity index (χ2v) is 22.0. The molecule has 14 unspecified atom stereocenters. The molecular weight excluding hydrogens is 953 g/mol. The van der Waals surface area contributed by atoms with Crippen LogP contribution in [0, 0.1) is 23.7 Å². The van der Waals surface area contributed by atoms with Crippen LogP contribution < -0.4 is 0 Å². The van der Waals surface area contributed by atoms with E-state index in [1.807, 2.05) is 77.0 Å². The van der Waals surface area contributed by atoms with Crippen molar-refractivity contribution in [1.82, 2.24) is 4.90 Å². The van der Waals surface area contributed by atoms with Crippen molar-refractivity contribution in [2.45, 2.75) is 222 Å². The maximum absolute atomic E-state index is 14.7. The number of fused-ring (bicyclic) bond motifs is 4. The topological polar surface area (TPSA) is 226 Å². The smallest absolute Gasteiger partial charge is 0.311 e. The van der Waals surface area contributed by atoms with Crippen molar-refractivity contribution < 1.29 is 86.5 Å². The van der Waals surface area contributed by atoms with Crippen molar-refractivity contribution in [3.05, 3.63) is 35.9 Å².